The Morgan fingerprint density at radius 1 is 1.30 bits per heavy atom. The van der Waals surface area contributed by atoms with Gasteiger partial charge < -0.3 is 15.2 Å². The van der Waals surface area contributed by atoms with E-state index in [1.165, 1.54) is 26.4 Å². The molecule has 0 aromatic heterocycles. The lowest BCUT2D eigenvalue weighted by molar-refractivity contribution is 0.0810. The van der Waals surface area contributed by atoms with Crippen LogP contribution in [-0.4, -0.2) is 25.4 Å². The summed E-state index contributed by atoms with van der Waals surface area (Å²) >= 11 is 0. The number of methoxy groups -OCH3 is 1. The van der Waals surface area contributed by atoms with Crippen LogP contribution in [0.3, 0.4) is 0 Å². The number of halogens is 1. The number of rotatable bonds is 6. The van der Waals surface area contributed by atoms with E-state index in [1.54, 1.807) is 18.2 Å². The van der Waals surface area contributed by atoms with Crippen LogP contribution in [0.4, 0.5) is 4.39 Å². The van der Waals surface area contributed by atoms with Crippen LogP contribution in [0.15, 0.2) is 18.2 Å². The topological polar surface area (TPSA) is 41.5 Å². The predicted molar refractivity (Wildman–Crippen MR) is 77.3 cm³/mol. The first kappa shape index (κ1) is 15.3. The summed E-state index contributed by atoms with van der Waals surface area (Å²) in [5, 5.41) is 12.9. The molecule has 1 aromatic carbocycles. The standard InChI is InChI=1S/C16H24FNO2/c1-20-14-7-5-6-13(15(14)17)10-18-11-16(12-19)8-3-2-4-9-16/h5-7,18-19H,2-4,8-12H2,1H3. The fourth-order valence-electron chi connectivity index (χ4n) is 3.01. The number of nitrogens with one attached hydrogen (secondary N) is 1. The summed E-state index contributed by atoms with van der Waals surface area (Å²) in [7, 11) is 1.47. The molecular formula is C16H24FNO2. The number of ether oxygens (including phenoxy) is 1. The van der Waals surface area contributed by atoms with E-state index >= 15 is 0 Å². The van der Waals surface area contributed by atoms with Crippen molar-refractivity contribution in [2.75, 3.05) is 20.3 Å². The monoisotopic (exact) mass is 281 g/mol. The van der Waals surface area contributed by atoms with Crippen molar-refractivity contribution in [2.45, 2.75) is 38.6 Å². The van der Waals surface area contributed by atoms with Gasteiger partial charge in [-0.05, 0) is 18.9 Å². The molecule has 20 heavy (non-hydrogen) atoms. The third kappa shape index (κ3) is 3.49. The second-order valence-corrected chi connectivity index (χ2v) is 5.76. The van der Waals surface area contributed by atoms with Crippen molar-refractivity contribution in [3.05, 3.63) is 29.6 Å². The van der Waals surface area contributed by atoms with Gasteiger partial charge in [-0.1, -0.05) is 31.4 Å². The molecule has 1 saturated carbocycles. The van der Waals surface area contributed by atoms with Crippen molar-refractivity contribution in [1.29, 1.82) is 0 Å². The van der Waals surface area contributed by atoms with Gasteiger partial charge in [0.1, 0.15) is 0 Å². The Morgan fingerprint density at radius 3 is 2.70 bits per heavy atom. The summed E-state index contributed by atoms with van der Waals surface area (Å²) < 4.78 is 19.0. The van der Waals surface area contributed by atoms with Crippen LogP contribution in [0.1, 0.15) is 37.7 Å². The highest BCUT2D eigenvalue weighted by molar-refractivity contribution is 5.30. The van der Waals surface area contributed by atoms with Gasteiger partial charge in [0.2, 0.25) is 0 Å². The quantitative estimate of drug-likeness (QED) is 0.842. The maximum Gasteiger partial charge on any atom is 0.169 e. The Balaban J connectivity index is 1.92. The molecule has 1 aromatic rings. The molecule has 3 nitrogen and oxygen atoms in total. The lowest BCUT2D eigenvalue weighted by atomic mass is 9.74. The Hall–Kier alpha value is -1.13. The van der Waals surface area contributed by atoms with E-state index in [0.29, 0.717) is 12.1 Å². The predicted octanol–water partition coefficient (Wildman–Crippen LogP) is 2.87. The highest BCUT2D eigenvalue weighted by atomic mass is 19.1. The van der Waals surface area contributed by atoms with Crippen molar-refractivity contribution >= 4 is 0 Å². The van der Waals surface area contributed by atoms with E-state index in [4.69, 9.17) is 4.74 Å². The van der Waals surface area contributed by atoms with Crippen LogP contribution in [0.2, 0.25) is 0 Å². The Morgan fingerprint density at radius 2 is 2.05 bits per heavy atom. The molecule has 2 N–H and O–H groups in total. The van der Waals surface area contributed by atoms with Gasteiger partial charge in [-0.15, -0.1) is 0 Å². The van der Waals surface area contributed by atoms with Gasteiger partial charge in [-0.25, -0.2) is 4.39 Å². The summed E-state index contributed by atoms with van der Waals surface area (Å²) in [6.45, 7) is 1.41. The molecule has 0 radical (unpaired) electrons. The molecule has 0 spiro atoms. The third-order valence-corrected chi connectivity index (χ3v) is 4.33. The number of aliphatic hydroxyl groups is 1. The molecule has 0 bridgehead atoms. The van der Waals surface area contributed by atoms with Crippen molar-refractivity contribution < 1.29 is 14.2 Å². The van der Waals surface area contributed by atoms with E-state index in [-0.39, 0.29) is 23.6 Å². The number of hydrogen-bond acceptors (Lipinski definition) is 3. The first-order valence-electron chi connectivity index (χ1n) is 7.34. The van der Waals surface area contributed by atoms with Gasteiger partial charge in [-0.2, -0.15) is 0 Å². The van der Waals surface area contributed by atoms with Crippen LogP contribution in [0, 0.1) is 11.2 Å². The maximum absolute atomic E-state index is 14.0. The van der Waals surface area contributed by atoms with Gasteiger partial charge in [0.25, 0.3) is 0 Å². The molecule has 112 valence electrons. The molecule has 4 heteroatoms. The molecule has 2 rings (SSSR count). The summed E-state index contributed by atoms with van der Waals surface area (Å²) in [6.07, 6.45) is 5.71. The molecule has 1 fully saturated rings. The fraction of sp³-hybridized carbons (Fsp3) is 0.625. The summed E-state index contributed by atoms with van der Waals surface area (Å²) in [5.74, 6) is -0.0250. The molecule has 0 aliphatic heterocycles. The van der Waals surface area contributed by atoms with E-state index in [9.17, 15) is 9.50 Å². The van der Waals surface area contributed by atoms with Crippen molar-refractivity contribution in [3.63, 3.8) is 0 Å². The highest BCUT2D eigenvalue weighted by Crippen LogP contribution is 2.35. The zero-order valence-corrected chi connectivity index (χ0v) is 12.1. The van der Waals surface area contributed by atoms with Crippen LogP contribution in [0.5, 0.6) is 5.75 Å². The SMILES string of the molecule is COc1cccc(CNCC2(CO)CCCCC2)c1F. The first-order valence-corrected chi connectivity index (χ1v) is 7.34. The minimum absolute atomic E-state index is 0.0202. The molecule has 0 atom stereocenters. The van der Waals surface area contributed by atoms with Gasteiger partial charge >= 0.3 is 0 Å². The fourth-order valence-corrected chi connectivity index (χ4v) is 3.01. The van der Waals surface area contributed by atoms with Gasteiger partial charge in [0.15, 0.2) is 11.6 Å². The number of benzene rings is 1. The molecular weight excluding hydrogens is 257 g/mol. The molecule has 0 saturated heterocycles. The van der Waals surface area contributed by atoms with Crippen molar-refractivity contribution in [2.24, 2.45) is 5.41 Å². The van der Waals surface area contributed by atoms with Crippen LogP contribution in [-0.2, 0) is 6.54 Å². The second-order valence-electron chi connectivity index (χ2n) is 5.76. The molecule has 1 aliphatic rings. The molecule has 0 amide bonds. The smallest absolute Gasteiger partial charge is 0.169 e. The van der Waals surface area contributed by atoms with E-state index in [2.05, 4.69) is 5.32 Å². The van der Waals surface area contributed by atoms with E-state index in [0.717, 1.165) is 19.4 Å². The number of aliphatic hydroxyl groups excluding tert-OH is 1. The zero-order chi connectivity index (χ0) is 14.4. The van der Waals surface area contributed by atoms with Crippen LogP contribution < -0.4 is 10.1 Å². The van der Waals surface area contributed by atoms with Crippen LogP contribution >= 0.6 is 0 Å². The molecule has 1 aliphatic carbocycles. The lowest BCUT2D eigenvalue weighted by Crippen LogP contribution is -2.38. The third-order valence-electron chi connectivity index (χ3n) is 4.33. The molecule has 0 heterocycles. The van der Waals surface area contributed by atoms with Crippen molar-refractivity contribution in [3.8, 4) is 5.75 Å². The normalized spacial score (nSPS) is 17.9. The number of hydrogen-bond donors (Lipinski definition) is 2. The Bertz CT molecular complexity index is 430. The summed E-state index contributed by atoms with van der Waals surface area (Å²) in [4.78, 5) is 0. The summed E-state index contributed by atoms with van der Waals surface area (Å²) in [5.41, 5.74) is 0.585. The zero-order valence-electron chi connectivity index (χ0n) is 12.1. The van der Waals surface area contributed by atoms with Gasteiger partial charge in [0.05, 0.1) is 7.11 Å². The average Bonchev–Trinajstić information content (AvgIpc) is 2.50. The Kier molecular flexibility index (Phi) is 5.38. The first-order chi connectivity index (χ1) is 9.71. The second kappa shape index (κ2) is 7.04. The lowest BCUT2D eigenvalue weighted by Gasteiger charge is -2.35. The Labute approximate surface area is 120 Å². The minimum atomic E-state index is -0.302. The molecule has 0 unspecified atom stereocenters. The van der Waals surface area contributed by atoms with Crippen LogP contribution in [0.25, 0.3) is 0 Å². The minimum Gasteiger partial charge on any atom is -0.494 e. The van der Waals surface area contributed by atoms with Gasteiger partial charge in [-0.3, -0.25) is 0 Å². The van der Waals surface area contributed by atoms with Crippen molar-refractivity contribution in [1.82, 2.24) is 5.32 Å². The van der Waals surface area contributed by atoms with E-state index in [1.807, 2.05) is 0 Å². The largest absolute Gasteiger partial charge is 0.494 e. The maximum atomic E-state index is 14.0. The highest BCUT2D eigenvalue weighted by Gasteiger charge is 2.30. The summed E-state index contributed by atoms with van der Waals surface area (Å²) in [6, 6.07) is 5.17. The average molecular weight is 281 g/mol. The van der Waals surface area contributed by atoms with E-state index < -0.39 is 0 Å². The van der Waals surface area contributed by atoms with Gasteiger partial charge in [0, 0.05) is 30.7 Å².